The summed E-state index contributed by atoms with van der Waals surface area (Å²) in [6.07, 6.45) is -0.0403. The minimum atomic E-state index is -5.00. The molecule has 0 bridgehead atoms. The van der Waals surface area contributed by atoms with Crippen LogP contribution in [0.25, 0.3) is 6.08 Å². The predicted molar refractivity (Wildman–Crippen MR) is 124 cm³/mol. The van der Waals surface area contributed by atoms with Gasteiger partial charge in [-0.1, -0.05) is 17.7 Å². The highest BCUT2D eigenvalue weighted by molar-refractivity contribution is 7.97. The van der Waals surface area contributed by atoms with E-state index in [2.05, 4.69) is 0 Å². The summed E-state index contributed by atoms with van der Waals surface area (Å²) in [4.78, 5) is -1.65. The number of benzene rings is 3. The zero-order chi connectivity index (χ0) is 28.4. The lowest BCUT2D eigenvalue weighted by Crippen LogP contribution is -2.15. The first-order valence-corrected chi connectivity index (χ1v) is 13.0. The number of nitrogens with zero attached hydrogens (tertiary/aromatic N) is 1. The van der Waals surface area contributed by atoms with E-state index in [0.717, 1.165) is 29.8 Å². The number of nitrogens with one attached hydrogen (secondary N) is 1. The minimum Gasteiger partial charge on any atom is -0.493 e. The molecule has 0 amide bonds. The third kappa shape index (κ3) is 5.71. The van der Waals surface area contributed by atoms with E-state index in [1.807, 2.05) is 4.72 Å². The number of hydrogen-bond donors (Lipinski definition) is 1. The number of hydrogen-bond acceptors (Lipinski definition) is 7. The van der Waals surface area contributed by atoms with Crippen molar-refractivity contribution in [1.29, 1.82) is 5.26 Å². The molecule has 0 saturated carbocycles. The molecular weight excluding hydrogens is 559 g/mol. The van der Waals surface area contributed by atoms with Gasteiger partial charge in [-0.2, -0.15) is 13.7 Å². The molecule has 0 aliphatic carbocycles. The van der Waals surface area contributed by atoms with Gasteiger partial charge in [0.15, 0.2) is 39.7 Å². The molecule has 0 fully saturated rings. The van der Waals surface area contributed by atoms with E-state index < -0.39 is 71.1 Å². The molecule has 0 saturated heterocycles. The molecule has 0 heterocycles. The highest BCUT2D eigenvalue weighted by Crippen LogP contribution is 2.34. The number of aryl methyl sites for hydroxylation is 1. The van der Waals surface area contributed by atoms with E-state index in [-0.39, 0.29) is 16.7 Å². The smallest absolute Gasteiger partial charge is 0.339 e. The molecule has 8 nitrogen and oxygen atoms in total. The van der Waals surface area contributed by atoms with Crippen molar-refractivity contribution in [2.45, 2.75) is 11.8 Å². The maximum atomic E-state index is 14.0. The van der Waals surface area contributed by atoms with Crippen LogP contribution in [0.4, 0.5) is 27.6 Å². The molecule has 3 rings (SSSR count). The largest absolute Gasteiger partial charge is 0.493 e. The Kier molecular flexibility index (Phi) is 7.98. The van der Waals surface area contributed by atoms with Crippen molar-refractivity contribution in [1.82, 2.24) is 0 Å². The normalized spacial score (nSPS) is 12.1. The maximum Gasteiger partial charge on any atom is 0.339 e. The van der Waals surface area contributed by atoms with Crippen molar-refractivity contribution >= 4 is 31.9 Å². The number of allylic oxidation sites excluding steroid dienone is 1. The summed E-state index contributed by atoms with van der Waals surface area (Å²) in [6.45, 7) is 1.73. The van der Waals surface area contributed by atoms with Crippen molar-refractivity contribution in [3.05, 3.63) is 87.6 Å². The molecule has 0 aromatic heterocycles. The van der Waals surface area contributed by atoms with Gasteiger partial charge >= 0.3 is 10.1 Å². The summed E-state index contributed by atoms with van der Waals surface area (Å²) in [7, 11) is -8.24. The zero-order valence-electron chi connectivity index (χ0n) is 19.2. The molecule has 0 atom stereocenters. The van der Waals surface area contributed by atoms with Crippen LogP contribution < -0.4 is 13.6 Å². The molecule has 0 radical (unpaired) electrons. The second-order valence-corrected chi connectivity index (χ2v) is 10.6. The number of methoxy groups -OCH3 is 1. The standard InChI is InChI=1S/C23H15F5N2O6S2/c1-12-3-6-14(7-4-12)38(33,34)36-18-9-13(5-8-17(18)35-2)30-37(31,32)15(11-29)10-16-19(24)21(26)23(28)22(27)20(16)25/h3-10,30H,1-2H3/b15-10-. The van der Waals surface area contributed by atoms with E-state index in [4.69, 9.17) is 8.92 Å². The predicted octanol–water partition coefficient (Wildman–Crippen LogP) is 4.77. The topological polar surface area (TPSA) is 123 Å². The molecular formula is C23H15F5N2O6S2. The molecule has 0 aliphatic rings. The van der Waals surface area contributed by atoms with Crippen molar-refractivity contribution in [3.63, 3.8) is 0 Å². The van der Waals surface area contributed by atoms with E-state index in [1.165, 1.54) is 31.4 Å². The van der Waals surface area contributed by atoms with Crippen LogP contribution in [0.5, 0.6) is 11.5 Å². The van der Waals surface area contributed by atoms with Gasteiger partial charge in [0.1, 0.15) is 11.0 Å². The van der Waals surface area contributed by atoms with Crippen molar-refractivity contribution in [2.24, 2.45) is 0 Å². The number of rotatable bonds is 8. The molecule has 15 heteroatoms. The third-order valence-corrected chi connectivity index (χ3v) is 7.38. The minimum absolute atomic E-state index is 0.0403. The number of anilines is 1. The van der Waals surface area contributed by atoms with Crippen molar-refractivity contribution < 1.29 is 47.7 Å². The van der Waals surface area contributed by atoms with E-state index in [9.17, 15) is 44.0 Å². The fraction of sp³-hybridized carbons (Fsp3) is 0.0870. The Balaban J connectivity index is 2.01. The highest BCUT2D eigenvalue weighted by Gasteiger charge is 2.28. The fourth-order valence-electron chi connectivity index (χ4n) is 2.94. The Morgan fingerprint density at radius 2 is 1.42 bits per heavy atom. The molecule has 200 valence electrons. The van der Waals surface area contributed by atoms with Crippen LogP contribution in [0.3, 0.4) is 0 Å². The summed E-state index contributed by atoms with van der Waals surface area (Å²) < 4.78 is 131. The molecule has 1 N–H and O–H groups in total. The lowest BCUT2D eigenvalue weighted by atomic mass is 10.1. The first-order valence-electron chi connectivity index (χ1n) is 10.1. The van der Waals surface area contributed by atoms with E-state index in [1.54, 1.807) is 6.92 Å². The monoisotopic (exact) mass is 574 g/mol. The fourth-order valence-corrected chi connectivity index (χ4v) is 4.81. The lowest BCUT2D eigenvalue weighted by Gasteiger charge is -2.13. The summed E-state index contributed by atoms with van der Waals surface area (Å²) in [5.74, 6) is -12.5. The average molecular weight is 575 g/mol. The Morgan fingerprint density at radius 1 is 0.868 bits per heavy atom. The van der Waals surface area contributed by atoms with Crippen molar-refractivity contribution in [3.8, 4) is 17.6 Å². The first kappa shape index (κ1) is 28.4. The van der Waals surface area contributed by atoms with Gasteiger partial charge in [-0.25, -0.2) is 30.4 Å². The summed E-state index contributed by atoms with van der Waals surface area (Å²) in [5, 5.41) is 9.24. The van der Waals surface area contributed by atoms with Gasteiger partial charge in [0.05, 0.1) is 18.4 Å². The van der Waals surface area contributed by atoms with Crippen LogP contribution in [-0.2, 0) is 20.1 Å². The first-order chi connectivity index (χ1) is 17.7. The van der Waals surface area contributed by atoms with Gasteiger partial charge in [0.25, 0.3) is 10.0 Å². The maximum absolute atomic E-state index is 14.0. The Labute approximate surface area is 213 Å². The third-order valence-electron chi connectivity index (χ3n) is 4.84. The molecule has 3 aromatic carbocycles. The molecule has 38 heavy (non-hydrogen) atoms. The quantitative estimate of drug-likeness (QED) is 0.135. The summed E-state index contributed by atoms with van der Waals surface area (Å²) in [6, 6.07) is 9.72. The zero-order valence-corrected chi connectivity index (χ0v) is 20.9. The van der Waals surface area contributed by atoms with Crippen LogP contribution in [0.1, 0.15) is 11.1 Å². The van der Waals surface area contributed by atoms with Crippen LogP contribution in [0, 0.1) is 47.3 Å². The van der Waals surface area contributed by atoms with Crippen LogP contribution in [-0.4, -0.2) is 23.9 Å². The number of sulfonamides is 1. The molecule has 0 unspecified atom stereocenters. The van der Waals surface area contributed by atoms with Crippen molar-refractivity contribution in [2.75, 3.05) is 11.8 Å². The van der Waals surface area contributed by atoms with Crippen LogP contribution in [0.2, 0.25) is 0 Å². The second kappa shape index (κ2) is 10.7. The van der Waals surface area contributed by atoms with Crippen LogP contribution in [0.15, 0.2) is 52.3 Å². The van der Waals surface area contributed by atoms with E-state index in [0.29, 0.717) is 0 Å². The number of halogens is 5. The van der Waals surface area contributed by atoms with Gasteiger partial charge in [-0.15, -0.1) is 0 Å². The van der Waals surface area contributed by atoms with E-state index >= 15 is 0 Å². The second-order valence-electron chi connectivity index (χ2n) is 7.43. The average Bonchev–Trinajstić information content (AvgIpc) is 2.86. The summed E-state index contributed by atoms with van der Waals surface area (Å²) in [5.41, 5.74) is -1.30. The SMILES string of the molecule is COc1ccc(NS(=O)(=O)/C(C#N)=C\c2c(F)c(F)c(F)c(F)c2F)cc1OS(=O)(=O)c1ccc(C)cc1. The molecule has 0 aliphatic heterocycles. The molecule has 3 aromatic rings. The number of ether oxygens (including phenoxy) is 1. The van der Waals surface area contributed by atoms with Gasteiger partial charge in [-0.05, 0) is 37.3 Å². The molecule has 0 spiro atoms. The Hall–Kier alpha value is -4.16. The summed E-state index contributed by atoms with van der Waals surface area (Å²) >= 11 is 0. The number of nitriles is 1. The lowest BCUT2D eigenvalue weighted by molar-refractivity contribution is 0.377. The Bertz CT molecular complexity index is 1670. The Morgan fingerprint density at radius 3 is 1.95 bits per heavy atom. The highest BCUT2D eigenvalue weighted by atomic mass is 32.2. The van der Waals surface area contributed by atoms with Gasteiger partial charge in [-0.3, -0.25) is 4.72 Å². The van der Waals surface area contributed by atoms with Gasteiger partial charge < -0.3 is 8.92 Å². The van der Waals surface area contributed by atoms with Gasteiger partial charge in [0, 0.05) is 6.07 Å². The van der Waals surface area contributed by atoms with Crippen LogP contribution >= 0.6 is 0 Å². The van der Waals surface area contributed by atoms with Gasteiger partial charge in [0.2, 0.25) is 5.82 Å².